The van der Waals surface area contributed by atoms with Gasteiger partial charge >= 0.3 is 0 Å². The summed E-state index contributed by atoms with van der Waals surface area (Å²) in [6, 6.07) is 3.84. The number of hydrogen-bond donors (Lipinski definition) is 0. The van der Waals surface area contributed by atoms with Crippen LogP contribution in [0.25, 0.3) is 0 Å². The molecule has 0 aromatic heterocycles. The van der Waals surface area contributed by atoms with Crippen molar-refractivity contribution in [3.05, 3.63) is 0 Å². The molecule has 0 aromatic carbocycles. The van der Waals surface area contributed by atoms with Crippen molar-refractivity contribution in [3.8, 4) is 6.07 Å². The molecule has 0 bridgehead atoms. The molecule has 0 aromatic rings. The van der Waals surface area contributed by atoms with E-state index in [1.807, 2.05) is 0 Å². The quantitative estimate of drug-likeness (QED) is 0.672. The summed E-state index contributed by atoms with van der Waals surface area (Å²) in [5, 5.41) is 9.11. The summed E-state index contributed by atoms with van der Waals surface area (Å²) < 4.78 is 0. The van der Waals surface area contributed by atoms with E-state index in [-0.39, 0.29) is 0 Å². The van der Waals surface area contributed by atoms with Crippen molar-refractivity contribution in [1.29, 1.82) is 5.26 Å². The molecule has 0 spiro atoms. The molecule has 2 unspecified atom stereocenters. The van der Waals surface area contributed by atoms with Crippen LogP contribution in [-0.4, -0.2) is 24.0 Å². The average molecular weight is 192 g/mol. The van der Waals surface area contributed by atoms with Gasteiger partial charge in [0.1, 0.15) is 0 Å². The van der Waals surface area contributed by atoms with Crippen LogP contribution in [0.4, 0.5) is 0 Å². The molecule has 0 saturated heterocycles. The Balaban J connectivity index is 1.95. The van der Waals surface area contributed by atoms with E-state index in [4.69, 9.17) is 5.26 Å². The summed E-state index contributed by atoms with van der Waals surface area (Å²) in [7, 11) is 2.23. The topological polar surface area (TPSA) is 27.0 Å². The monoisotopic (exact) mass is 192 g/mol. The Morgan fingerprint density at radius 1 is 1.07 bits per heavy atom. The molecular formula is C12H20N2. The highest BCUT2D eigenvalue weighted by Gasteiger charge is 2.33. The molecule has 0 N–H and O–H groups in total. The van der Waals surface area contributed by atoms with Crippen molar-refractivity contribution in [2.75, 3.05) is 7.05 Å². The lowest BCUT2D eigenvalue weighted by molar-refractivity contribution is 0.0688. The molecule has 2 nitrogen and oxygen atoms in total. The second-order valence-electron chi connectivity index (χ2n) is 4.84. The lowest BCUT2D eigenvalue weighted by Gasteiger charge is -2.43. The molecule has 2 heteroatoms. The molecule has 0 radical (unpaired) electrons. The van der Waals surface area contributed by atoms with E-state index in [9.17, 15) is 0 Å². The number of nitriles is 1. The first-order valence-corrected chi connectivity index (χ1v) is 5.94. The van der Waals surface area contributed by atoms with Gasteiger partial charge in [-0.05, 0) is 32.7 Å². The Bertz CT molecular complexity index is 227. The van der Waals surface area contributed by atoms with Crippen LogP contribution < -0.4 is 0 Å². The maximum absolute atomic E-state index is 9.11. The van der Waals surface area contributed by atoms with E-state index in [0.29, 0.717) is 12.0 Å². The number of rotatable bonds is 2. The Kier molecular flexibility index (Phi) is 3.08. The van der Waals surface area contributed by atoms with Gasteiger partial charge in [0, 0.05) is 12.1 Å². The first-order chi connectivity index (χ1) is 6.83. The highest BCUT2D eigenvalue weighted by molar-refractivity contribution is 4.97. The highest BCUT2D eigenvalue weighted by Crippen LogP contribution is 2.33. The molecule has 14 heavy (non-hydrogen) atoms. The minimum absolute atomic E-state index is 0.300. The van der Waals surface area contributed by atoms with Crippen LogP contribution in [0.3, 0.4) is 0 Å². The van der Waals surface area contributed by atoms with Gasteiger partial charge in [0.2, 0.25) is 0 Å². The summed E-state index contributed by atoms with van der Waals surface area (Å²) in [4.78, 5) is 2.50. The molecule has 2 rings (SSSR count). The number of hydrogen-bond acceptors (Lipinski definition) is 2. The molecule has 2 aliphatic carbocycles. The predicted molar refractivity (Wildman–Crippen MR) is 56.8 cm³/mol. The van der Waals surface area contributed by atoms with Gasteiger partial charge in [-0.1, -0.05) is 19.3 Å². The van der Waals surface area contributed by atoms with Crippen molar-refractivity contribution in [3.63, 3.8) is 0 Å². The minimum Gasteiger partial charge on any atom is -0.299 e. The number of nitrogens with zero attached hydrogens (tertiary/aromatic N) is 2. The van der Waals surface area contributed by atoms with Gasteiger partial charge in [-0.25, -0.2) is 0 Å². The molecule has 2 atom stereocenters. The van der Waals surface area contributed by atoms with E-state index in [0.717, 1.165) is 12.5 Å². The summed E-state index contributed by atoms with van der Waals surface area (Å²) in [6.07, 6.45) is 9.03. The Morgan fingerprint density at radius 3 is 2.36 bits per heavy atom. The standard InChI is InChI=1S/C12H20N2/c1-14(11-6-4-7-11)12-8-3-2-5-10(12)9-13/h10-12H,2-8H2,1H3. The van der Waals surface area contributed by atoms with Crippen molar-refractivity contribution in [2.45, 2.75) is 57.0 Å². The van der Waals surface area contributed by atoms with Crippen molar-refractivity contribution in [2.24, 2.45) is 5.92 Å². The summed E-state index contributed by atoms with van der Waals surface area (Å²) in [5.41, 5.74) is 0. The van der Waals surface area contributed by atoms with Crippen molar-refractivity contribution in [1.82, 2.24) is 4.90 Å². The van der Waals surface area contributed by atoms with Crippen LogP contribution in [0, 0.1) is 17.2 Å². The fourth-order valence-electron chi connectivity index (χ4n) is 2.81. The van der Waals surface area contributed by atoms with E-state index < -0.39 is 0 Å². The zero-order valence-corrected chi connectivity index (χ0v) is 9.08. The fourth-order valence-corrected chi connectivity index (χ4v) is 2.81. The van der Waals surface area contributed by atoms with Gasteiger partial charge in [0.25, 0.3) is 0 Å². The van der Waals surface area contributed by atoms with Crippen LogP contribution >= 0.6 is 0 Å². The normalized spacial score (nSPS) is 33.8. The Hall–Kier alpha value is -0.550. The van der Waals surface area contributed by atoms with E-state index in [1.165, 1.54) is 38.5 Å². The first kappa shape index (κ1) is 9.98. The Labute approximate surface area is 86.9 Å². The predicted octanol–water partition coefficient (Wildman–Crippen LogP) is 2.55. The van der Waals surface area contributed by atoms with Crippen LogP contribution in [-0.2, 0) is 0 Å². The van der Waals surface area contributed by atoms with E-state index in [1.54, 1.807) is 0 Å². The largest absolute Gasteiger partial charge is 0.299 e. The Morgan fingerprint density at radius 2 is 1.79 bits per heavy atom. The van der Waals surface area contributed by atoms with Crippen LogP contribution in [0.2, 0.25) is 0 Å². The highest BCUT2D eigenvalue weighted by atomic mass is 15.2. The molecule has 0 aliphatic heterocycles. The molecule has 2 aliphatic rings. The van der Waals surface area contributed by atoms with E-state index >= 15 is 0 Å². The summed E-state index contributed by atoms with van der Waals surface area (Å²) in [6.45, 7) is 0. The lowest BCUT2D eigenvalue weighted by atomic mass is 9.81. The fraction of sp³-hybridized carbons (Fsp3) is 0.917. The van der Waals surface area contributed by atoms with E-state index in [2.05, 4.69) is 18.0 Å². The maximum Gasteiger partial charge on any atom is 0.0672 e. The third kappa shape index (κ3) is 1.79. The van der Waals surface area contributed by atoms with Gasteiger partial charge in [-0.2, -0.15) is 5.26 Å². The average Bonchev–Trinajstić information content (AvgIpc) is 2.15. The zero-order chi connectivity index (χ0) is 9.97. The lowest BCUT2D eigenvalue weighted by Crippen LogP contribution is -2.48. The van der Waals surface area contributed by atoms with Gasteiger partial charge in [-0.3, -0.25) is 4.90 Å². The van der Waals surface area contributed by atoms with Crippen LogP contribution in [0.15, 0.2) is 0 Å². The summed E-state index contributed by atoms with van der Waals surface area (Å²) in [5.74, 6) is 0.300. The van der Waals surface area contributed by atoms with Crippen LogP contribution in [0.1, 0.15) is 44.9 Å². The van der Waals surface area contributed by atoms with Crippen LogP contribution in [0.5, 0.6) is 0 Å². The molecular weight excluding hydrogens is 172 g/mol. The zero-order valence-electron chi connectivity index (χ0n) is 9.08. The van der Waals surface area contributed by atoms with Crippen molar-refractivity contribution >= 4 is 0 Å². The van der Waals surface area contributed by atoms with Gasteiger partial charge in [0.05, 0.1) is 12.0 Å². The first-order valence-electron chi connectivity index (χ1n) is 5.94. The third-order valence-electron chi connectivity index (χ3n) is 4.07. The second-order valence-corrected chi connectivity index (χ2v) is 4.84. The second kappa shape index (κ2) is 4.31. The molecule has 0 amide bonds. The maximum atomic E-state index is 9.11. The summed E-state index contributed by atoms with van der Waals surface area (Å²) >= 11 is 0. The smallest absolute Gasteiger partial charge is 0.0672 e. The SMILES string of the molecule is CN(C1CCC1)C1CCCCC1C#N. The minimum atomic E-state index is 0.300. The third-order valence-corrected chi connectivity index (χ3v) is 4.07. The van der Waals surface area contributed by atoms with Gasteiger partial charge in [0.15, 0.2) is 0 Å². The molecule has 2 fully saturated rings. The molecule has 2 saturated carbocycles. The van der Waals surface area contributed by atoms with Gasteiger partial charge < -0.3 is 0 Å². The molecule has 0 heterocycles. The molecule has 78 valence electrons. The van der Waals surface area contributed by atoms with Gasteiger partial charge in [-0.15, -0.1) is 0 Å². The van der Waals surface area contributed by atoms with Crippen molar-refractivity contribution < 1.29 is 0 Å².